The first-order chi connectivity index (χ1) is 9.61. The molecule has 0 spiro atoms. The van der Waals surface area contributed by atoms with Crippen molar-refractivity contribution in [1.29, 1.82) is 0 Å². The number of amides is 1. The van der Waals surface area contributed by atoms with Crippen molar-refractivity contribution in [3.63, 3.8) is 0 Å². The number of nitrogens with zero attached hydrogens (tertiary/aromatic N) is 4. The van der Waals surface area contributed by atoms with Gasteiger partial charge < -0.3 is 9.88 Å². The molecule has 1 fully saturated rings. The third-order valence-electron chi connectivity index (χ3n) is 3.89. The molecule has 2 aromatic rings. The molecule has 0 radical (unpaired) electrons. The second-order valence-corrected chi connectivity index (χ2v) is 5.59. The van der Waals surface area contributed by atoms with E-state index in [9.17, 15) is 4.79 Å². The number of aromatic amines is 1. The SMILES string of the molecule is CCn1nc(C)c2[nH]c(=S)n(CC(=O)N3CCCC3)c21. The maximum Gasteiger partial charge on any atom is 0.242 e. The highest BCUT2D eigenvalue weighted by atomic mass is 32.1. The Morgan fingerprint density at radius 3 is 2.75 bits per heavy atom. The van der Waals surface area contributed by atoms with Crippen molar-refractivity contribution >= 4 is 29.3 Å². The van der Waals surface area contributed by atoms with Crippen LogP contribution in [0.2, 0.25) is 0 Å². The van der Waals surface area contributed by atoms with E-state index in [1.54, 1.807) is 0 Å². The number of nitrogens with one attached hydrogen (secondary N) is 1. The molecule has 0 unspecified atom stereocenters. The first-order valence-corrected chi connectivity index (χ1v) is 7.46. The second kappa shape index (κ2) is 5.05. The van der Waals surface area contributed by atoms with Gasteiger partial charge in [-0.2, -0.15) is 5.10 Å². The molecule has 7 heteroatoms. The quantitative estimate of drug-likeness (QED) is 0.879. The Kier molecular flexibility index (Phi) is 3.37. The van der Waals surface area contributed by atoms with Crippen LogP contribution in [0, 0.1) is 11.7 Å². The number of carbonyl (C=O) groups excluding carboxylic acids is 1. The van der Waals surface area contributed by atoms with Crippen LogP contribution in [0.5, 0.6) is 0 Å². The number of H-pyrrole nitrogens is 1. The van der Waals surface area contributed by atoms with Crippen LogP contribution in [-0.2, 0) is 17.9 Å². The molecule has 0 saturated carbocycles. The van der Waals surface area contributed by atoms with Crippen molar-refractivity contribution in [2.24, 2.45) is 0 Å². The van der Waals surface area contributed by atoms with Gasteiger partial charge in [-0.3, -0.25) is 9.36 Å². The lowest BCUT2D eigenvalue weighted by atomic mass is 10.4. The van der Waals surface area contributed by atoms with Gasteiger partial charge in [-0.25, -0.2) is 4.68 Å². The van der Waals surface area contributed by atoms with Crippen molar-refractivity contribution < 1.29 is 4.79 Å². The first-order valence-electron chi connectivity index (χ1n) is 7.05. The Bertz CT molecular complexity index is 704. The van der Waals surface area contributed by atoms with E-state index in [1.165, 1.54) is 0 Å². The van der Waals surface area contributed by atoms with Crippen molar-refractivity contribution in [3.05, 3.63) is 10.5 Å². The minimum absolute atomic E-state index is 0.140. The van der Waals surface area contributed by atoms with Crippen LogP contribution >= 0.6 is 12.2 Å². The summed E-state index contributed by atoms with van der Waals surface area (Å²) in [6.07, 6.45) is 2.21. The maximum absolute atomic E-state index is 12.3. The minimum atomic E-state index is 0.140. The molecule has 3 rings (SSSR count). The van der Waals surface area contributed by atoms with Gasteiger partial charge in [0.05, 0.1) is 5.69 Å². The molecular weight excluding hydrogens is 274 g/mol. The van der Waals surface area contributed by atoms with Crippen LogP contribution in [-0.4, -0.2) is 43.2 Å². The molecule has 0 bridgehead atoms. The van der Waals surface area contributed by atoms with Crippen molar-refractivity contribution in [2.45, 2.75) is 39.8 Å². The molecule has 1 amide bonds. The first kappa shape index (κ1) is 13.4. The van der Waals surface area contributed by atoms with E-state index in [0.29, 0.717) is 11.3 Å². The standard InChI is InChI=1S/C13H19N5OS/c1-3-18-12-11(9(2)15-18)14-13(20)17(12)8-10(19)16-6-4-5-7-16/h3-8H2,1-2H3,(H,14,20). The predicted octanol–water partition coefficient (Wildman–Crippen LogP) is 1.85. The van der Waals surface area contributed by atoms with Gasteiger partial charge in [0.15, 0.2) is 10.4 Å². The zero-order chi connectivity index (χ0) is 14.3. The van der Waals surface area contributed by atoms with E-state index in [0.717, 1.165) is 49.3 Å². The summed E-state index contributed by atoms with van der Waals surface area (Å²) in [6.45, 7) is 6.78. The molecule has 2 aromatic heterocycles. The summed E-state index contributed by atoms with van der Waals surface area (Å²) >= 11 is 5.36. The van der Waals surface area contributed by atoms with Gasteiger partial charge in [0.1, 0.15) is 12.1 Å². The normalized spacial score (nSPS) is 15.4. The van der Waals surface area contributed by atoms with Crippen molar-refractivity contribution in [1.82, 2.24) is 24.2 Å². The second-order valence-electron chi connectivity index (χ2n) is 5.20. The Hall–Kier alpha value is -1.63. The molecule has 0 atom stereocenters. The van der Waals surface area contributed by atoms with Gasteiger partial charge in [-0.1, -0.05) is 0 Å². The molecule has 1 saturated heterocycles. The van der Waals surface area contributed by atoms with Crippen LogP contribution in [0.1, 0.15) is 25.5 Å². The zero-order valence-corrected chi connectivity index (χ0v) is 12.7. The molecule has 1 aliphatic heterocycles. The summed E-state index contributed by atoms with van der Waals surface area (Å²) in [5, 5.41) is 4.47. The van der Waals surface area contributed by atoms with Gasteiger partial charge in [0.2, 0.25) is 5.91 Å². The largest absolute Gasteiger partial charge is 0.341 e. The third-order valence-corrected chi connectivity index (χ3v) is 4.21. The van der Waals surface area contributed by atoms with E-state index >= 15 is 0 Å². The van der Waals surface area contributed by atoms with Crippen molar-refractivity contribution in [3.8, 4) is 0 Å². The third kappa shape index (κ3) is 2.06. The summed E-state index contributed by atoms with van der Waals surface area (Å²) in [7, 11) is 0. The summed E-state index contributed by atoms with van der Waals surface area (Å²) < 4.78 is 4.36. The molecule has 0 aliphatic carbocycles. The number of hydrogen-bond donors (Lipinski definition) is 1. The average molecular weight is 293 g/mol. The molecule has 6 nitrogen and oxygen atoms in total. The van der Waals surface area contributed by atoms with Gasteiger partial charge >= 0.3 is 0 Å². The monoisotopic (exact) mass is 293 g/mol. The highest BCUT2D eigenvalue weighted by Crippen LogP contribution is 2.18. The summed E-state index contributed by atoms with van der Waals surface area (Å²) in [6, 6.07) is 0. The number of likely N-dealkylation sites (tertiary alicyclic amines) is 1. The van der Waals surface area contributed by atoms with E-state index in [2.05, 4.69) is 10.1 Å². The lowest BCUT2D eigenvalue weighted by Crippen LogP contribution is -2.31. The molecule has 0 aromatic carbocycles. The number of fused-ring (bicyclic) bond motifs is 1. The smallest absolute Gasteiger partial charge is 0.242 e. The van der Waals surface area contributed by atoms with Gasteiger partial charge in [-0.15, -0.1) is 0 Å². The summed E-state index contributed by atoms with van der Waals surface area (Å²) in [4.78, 5) is 17.4. The topological polar surface area (TPSA) is 58.9 Å². The lowest BCUT2D eigenvalue weighted by molar-refractivity contribution is -0.130. The van der Waals surface area contributed by atoms with Gasteiger partial charge in [0, 0.05) is 19.6 Å². The Balaban J connectivity index is 2.00. The molecule has 20 heavy (non-hydrogen) atoms. The minimum Gasteiger partial charge on any atom is -0.341 e. The Morgan fingerprint density at radius 2 is 2.10 bits per heavy atom. The maximum atomic E-state index is 12.3. The number of aryl methyl sites for hydroxylation is 2. The Labute approximate surface area is 122 Å². The fourth-order valence-electron chi connectivity index (χ4n) is 2.83. The molecular formula is C13H19N5OS. The number of imidazole rings is 1. The highest BCUT2D eigenvalue weighted by molar-refractivity contribution is 7.71. The van der Waals surface area contributed by atoms with Crippen LogP contribution in [0.15, 0.2) is 0 Å². The van der Waals surface area contributed by atoms with E-state index < -0.39 is 0 Å². The molecule has 1 aliphatic rings. The Morgan fingerprint density at radius 1 is 1.40 bits per heavy atom. The number of aromatic nitrogens is 4. The fraction of sp³-hybridized carbons (Fsp3) is 0.615. The van der Waals surface area contributed by atoms with Crippen LogP contribution in [0.3, 0.4) is 0 Å². The van der Waals surface area contributed by atoms with Gasteiger partial charge in [0.25, 0.3) is 0 Å². The number of carbonyl (C=O) groups is 1. The average Bonchev–Trinajstić information content (AvgIpc) is 3.11. The number of rotatable bonds is 3. The van der Waals surface area contributed by atoms with E-state index in [4.69, 9.17) is 12.2 Å². The molecule has 1 N–H and O–H groups in total. The molecule has 108 valence electrons. The van der Waals surface area contributed by atoms with Crippen LogP contribution in [0.4, 0.5) is 0 Å². The van der Waals surface area contributed by atoms with Crippen LogP contribution in [0.25, 0.3) is 11.2 Å². The van der Waals surface area contributed by atoms with Gasteiger partial charge in [-0.05, 0) is 38.9 Å². The molecule has 3 heterocycles. The highest BCUT2D eigenvalue weighted by Gasteiger charge is 2.21. The lowest BCUT2D eigenvalue weighted by Gasteiger charge is -2.15. The van der Waals surface area contributed by atoms with E-state index in [-0.39, 0.29) is 5.91 Å². The van der Waals surface area contributed by atoms with E-state index in [1.807, 2.05) is 28.0 Å². The zero-order valence-electron chi connectivity index (χ0n) is 11.8. The summed E-state index contributed by atoms with van der Waals surface area (Å²) in [5.41, 5.74) is 2.77. The number of hydrogen-bond acceptors (Lipinski definition) is 3. The van der Waals surface area contributed by atoms with Crippen LogP contribution < -0.4 is 0 Å². The predicted molar refractivity (Wildman–Crippen MR) is 79.1 cm³/mol. The van der Waals surface area contributed by atoms with Crippen molar-refractivity contribution in [2.75, 3.05) is 13.1 Å². The summed E-state index contributed by atoms with van der Waals surface area (Å²) in [5.74, 6) is 0.140. The fourth-order valence-corrected chi connectivity index (χ4v) is 3.08.